The van der Waals surface area contributed by atoms with Crippen LogP contribution in [-0.2, 0) is 9.53 Å². The van der Waals surface area contributed by atoms with E-state index in [0.29, 0.717) is 11.3 Å². The van der Waals surface area contributed by atoms with E-state index >= 15 is 0 Å². The SMILES string of the molecule is Cc1cccc(C(=O)O[C@@H](C)C(=O)Nc2cc(C)on2)c1. The third-order valence-electron chi connectivity index (χ3n) is 2.79. The van der Waals surface area contributed by atoms with Gasteiger partial charge in [0, 0.05) is 6.07 Å². The Hall–Kier alpha value is -2.63. The highest BCUT2D eigenvalue weighted by atomic mass is 16.5. The molecule has 110 valence electrons. The zero-order valence-corrected chi connectivity index (χ0v) is 12.0. The molecule has 1 aromatic heterocycles. The first-order valence-corrected chi connectivity index (χ1v) is 6.47. The second-order valence-corrected chi connectivity index (χ2v) is 4.73. The number of benzene rings is 1. The fourth-order valence-corrected chi connectivity index (χ4v) is 1.71. The number of nitrogens with zero attached hydrogens (tertiary/aromatic N) is 1. The molecule has 0 saturated heterocycles. The average Bonchev–Trinajstić information content (AvgIpc) is 2.84. The lowest BCUT2D eigenvalue weighted by atomic mass is 10.1. The summed E-state index contributed by atoms with van der Waals surface area (Å²) in [4.78, 5) is 23.8. The number of rotatable bonds is 4. The van der Waals surface area contributed by atoms with Gasteiger partial charge in [0.05, 0.1) is 5.56 Å². The third-order valence-corrected chi connectivity index (χ3v) is 2.79. The molecular weight excluding hydrogens is 272 g/mol. The molecule has 1 amide bonds. The molecule has 2 rings (SSSR count). The maximum absolute atomic E-state index is 11.9. The molecule has 0 aliphatic carbocycles. The van der Waals surface area contributed by atoms with Crippen molar-refractivity contribution in [3.63, 3.8) is 0 Å². The van der Waals surface area contributed by atoms with Crippen LogP contribution in [0.15, 0.2) is 34.9 Å². The molecule has 1 atom stereocenters. The van der Waals surface area contributed by atoms with Crippen molar-refractivity contribution in [3.05, 3.63) is 47.2 Å². The molecule has 1 aromatic carbocycles. The summed E-state index contributed by atoms with van der Waals surface area (Å²) in [5, 5.41) is 6.15. The van der Waals surface area contributed by atoms with Crippen molar-refractivity contribution in [1.29, 1.82) is 0 Å². The molecule has 6 nitrogen and oxygen atoms in total. The minimum atomic E-state index is -0.935. The molecule has 0 unspecified atom stereocenters. The highest BCUT2D eigenvalue weighted by molar-refractivity contribution is 5.96. The summed E-state index contributed by atoms with van der Waals surface area (Å²) in [6.07, 6.45) is -0.935. The number of anilines is 1. The van der Waals surface area contributed by atoms with E-state index in [-0.39, 0.29) is 5.82 Å². The van der Waals surface area contributed by atoms with Crippen LogP contribution in [-0.4, -0.2) is 23.1 Å². The molecule has 0 fully saturated rings. The lowest BCUT2D eigenvalue weighted by molar-refractivity contribution is -0.123. The van der Waals surface area contributed by atoms with Gasteiger partial charge in [0.1, 0.15) is 5.76 Å². The lowest BCUT2D eigenvalue weighted by Gasteiger charge is -2.12. The molecule has 0 spiro atoms. The molecule has 6 heteroatoms. The highest BCUT2D eigenvalue weighted by Crippen LogP contribution is 2.10. The van der Waals surface area contributed by atoms with Crippen LogP contribution in [0.25, 0.3) is 0 Å². The van der Waals surface area contributed by atoms with E-state index in [1.807, 2.05) is 13.0 Å². The standard InChI is InChI=1S/C15H16N2O4/c1-9-5-4-6-12(7-9)15(19)20-11(3)14(18)16-13-8-10(2)21-17-13/h4-8,11H,1-3H3,(H,16,17,18)/t11-/m0/s1. The Kier molecular flexibility index (Phi) is 4.37. The van der Waals surface area contributed by atoms with Crippen LogP contribution in [0.2, 0.25) is 0 Å². The Labute approximate surface area is 122 Å². The van der Waals surface area contributed by atoms with Gasteiger partial charge in [0.15, 0.2) is 11.9 Å². The number of nitrogens with one attached hydrogen (secondary N) is 1. The van der Waals surface area contributed by atoms with E-state index in [1.54, 1.807) is 31.2 Å². The van der Waals surface area contributed by atoms with Gasteiger partial charge in [-0.3, -0.25) is 4.79 Å². The summed E-state index contributed by atoms with van der Waals surface area (Å²) >= 11 is 0. The number of amides is 1. The van der Waals surface area contributed by atoms with Crippen LogP contribution in [0.4, 0.5) is 5.82 Å². The predicted molar refractivity (Wildman–Crippen MR) is 75.9 cm³/mol. The highest BCUT2D eigenvalue weighted by Gasteiger charge is 2.20. The summed E-state index contributed by atoms with van der Waals surface area (Å²) in [6, 6.07) is 8.55. The first-order chi connectivity index (χ1) is 9.95. The molecule has 0 aliphatic heterocycles. The fraction of sp³-hybridized carbons (Fsp3) is 0.267. The monoisotopic (exact) mass is 288 g/mol. The van der Waals surface area contributed by atoms with Crippen LogP contribution >= 0.6 is 0 Å². The van der Waals surface area contributed by atoms with Crippen molar-refractivity contribution in [3.8, 4) is 0 Å². The van der Waals surface area contributed by atoms with Crippen LogP contribution in [0.3, 0.4) is 0 Å². The van der Waals surface area contributed by atoms with Crippen molar-refractivity contribution < 1.29 is 18.8 Å². The number of hydrogen-bond acceptors (Lipinski definition) is 5. The summed E-state index contributed by atoms with van der Waals surface area (Å²) in [5.74, 6) is -0.146. The maximum atomic E-state index is 11.9. The van der Waals surface area contributed by atoms with Crippen LogP contribution < -0.4 is 5.32 Å². The normalized spacial score (nSPS) is 11.8. The molecule has 2 aromatic rings. The number of aryl methyl sites for hydroxylation is 2. The first-order valence-electron chi connectivity index (χ1n) is 6.47. The molecule has 0 radical (unpaired) electrons. The molecule has 0 aliphatic rings. The van der Waals surface area contributed by atoms with Gasteiger partial charge in [0.2, 0.25) is 0 Å². The van der Waals surface area contributed by atoms with Crippen LogP contribution in [0, 0.1) is 13.8 Å². The minimum absolute atomic E-state index is 0.288. The summed E-state index contributed by atoms with van der Waals surface area (Å²) in [7, 11) is 0. The molecule has 0 bridgehead atoms. The lowest BCUT2D eigenvalue weighted by Crippen LogP contribution is -2.30. The Morgan fingerprint density at radius 1 is 1.29 bits per heavy atom. The zero-order chi connectivity index (χ0) is 15.4. The Morgan fingerprint density at radius 2 is 2.05 bits per heavy atom. The predicted octanol–water partition coefficient (Wildman–Crippen LogP) is 2.48. The number of carbonyl (C=O) groups is 2. The number of carbonyl (C=O) groups excluding carboxylic acids is 2. The van der Waals surface area contributed by atoms with Crippen molar-refractivity contribution in [1.82, 2.24) is 5.16 Å². The topological polar surface area (TPSA) is 81.4 Å². The van der Waals surface area contributed by atoms with E-state index in [2.05, 4.69) is 10.5 Å². The van der Waals surface area contributed by atoms with Crippen molar-refractivity contribution in [2.45, 2.75) is 26.9 Å². The summed E-state index contributed by atoms with van der Waals surface area (Å²) in [5.41, 5.74) is 1.35. The van der Waals surface area contributed by atoms with Gasteiger partial charge in [-0.1, -0.05) is 22.9 Å². The second kappa shape index (κ2) is 6.21. The van der Waals surface area contributed by atoms with E-state index in [1.165, 1.54) is 6.92 Å². The third kappa shape index (κ3) is 3.92. The van der Waals surface area contributed by atoms with E-state index < -0.39 is 18.0 Å². The zero-order valence-electron chi connectivity index (χ0n) is 12.0. The van der Waals surface area contributed by atoms with Crippen LogP contribution in [0.1, 0.15) is 28.6 Å². The minimum Gasteiger partial charge on any atom is -0.449 e. The Balaban J connectivity index is 1.95. The van der Waals surface area contributed by atoms with Crippen LogP contribution in [0.5, 0.6) is 0 Å². The van der Waals surface area contributed by atoms with E-state index in [4.69, 9.17) is 9.26 Å². The Bertz CT molecular complexity index is 663. The summed E-state index contributed by atoms with van der Waals surface area (Å²) < 4.78 is 9.96. The van der Waals surface area contributed by atoms with Gasteiger partial charge in [0.25, 0.3) is 5.91 Å². The van der Waals surface area contributed by atoms with Gasteiger partial charge >= 0.3 is 5.97 Å². The van der Waals surface area contributed by atoms with Crippen molar-refractivity contribution in [2.24, 2.45) is 0 Å². The van der Waals surface area contributed by atoms with Crippen molar-refractivity contribution >= 4 is 17.7 Å². The largest absolute Gasteiger partial charge is 0.449 e. The Morgan fingerprint density at radius 3 is 2.67 bits per heavy atom. The number of ether oxygens (including phenoxy) is 1. The summed E-state index contributed by atoms with van der Waals surface area (Å²) in [6.45, 7) is 5.08. The maximum Gasteiger partial charge on any atom is 0.338 e. The van der Waals surface area contributed by atoms with Crippen molar-refractivity contribution in [2.75, 3.05) is 5.32 Å². The molecule has 21 heavy (non-hydrogen) atoms. The smallest absolute Gasteiger partial charge is 0.338 e. The first kappa shape index (κ1) is 14.8. The number of hydrogen-bond donors (Lipinski definition) is 1. The second-order valence-electron chi connectivity index (χ2n) is 4.73. The van der Waals surface area contributed by atoms with Gasteiger partial charge in [-0.05, 0) is 32.9 Å². The van der Waals surface area contributed by atoms with E-state index in [9.17, 15) is 9.59 Å². The molecule has 1 N–H and O–H groups in total. The van der Waals surface area contributed by atoms with Gasteiger partial charge in [-0.25, -0.2) is 4.79 Å². The van der Waals surface area contributed by atoms with Gasteiger partial charge < -0.3 is 14.6 Å². The van der Waals surface area contributed by atoms with Gasteiger partial charge in [-0.2, -0.15) is 0 Å². The number of aromatic nitrogens is 1. The fourth-order valence-electron chi connectivity index (χ4n) is 1.71. The molecule has 0 saturated carbocycles. The molecular formula is C15H16N2O4. The number of esters is 1. The van der Waals surface area contributed by atoms with Gasteiger partial charge in [-0.15, -0.1) is 0 Å². The van der Waals surface area contributed by atoms with E-state index in [0.717, 1.165) is 5.56 Å². The molecule has 1 heterocycles. The average molecular weight is 288 g/mol. The quantitative estimate of drug-likeness (QED) is 0.874.